The highest BCUT2D eigenvalue weighted by atomic mass is 32.1. The van der Waals surface area contributed by atoms with Crippen LogP contribution in [0.1, 0.15) is 39.5 Å². The molecule has 4 heterocycles. The van der Waals surface area contributed by atoms with Gasteiger partial charge in [0.15, 0.2) is 5.79 Å². The second-order valence-corrected chi connectivity index (χ2v) is 9.57. The van der Waals surface area contributed by atoms with Gasteiger partial charge in [-0.15, -0.1) is 11.3 Å². The quantitative estimate of drug-likeness (QED) is 0.611. The summed E-state index contributed by atoms with van der Waals surface area (Å²) in [7, 11) is 0. The number of rotatable bonds is 2. The van der Waals surface area contributed by atoms with Crippen LogP contribution >= 0.6 is 11.3 Å². The number of para-hydroxylation sites is 1. The Labute approximate surface area is 185 Å². The fourth-order valence-electron chi connectivity index (χ4n) is 5.06. The first-order valence-corrected chi connectivity index (χ1v) is 11.8. The molecule has 2 fully saturated rings. The van der Waals surface area contributed by atoms with Crippen molar-refractivity contribution in [3.05, 3.63) is 58.2 Å². The highest BCUT2D eigenvalue weighted by Crippen LogP contribution is 2.42. The Balaban J connectivity index is 1.29. The number of aryl methyl sites for hydroxylation is 2. The lowest BCUT2D eigenvalue weighted by molar-refractivity contribution is -0.181. The van der Waals surface area contributed by atoms with Crippen LogP contribution < -0.4 is 0 Å². The van der Waals surface area contributed by atoms with E-state index in [2.05, 4.69) is 29.8 Å². The van der Waals surface area contributed by atoms with Crippen LogP contribution in [-0.2, 0) is 22.3 Å². The molecule has 6 nitrogen and oxygen atoms in total. The van der Waals surface area contributed by atoms with Crippen LogP contribution in [-0.4, -0.2) is 52.7 Å². The topological polar surface area (TPSA) is 56.6 Å². The molecule has 1 aliphatic carbocycles. The summed E-state index contributed by atoms with van der Waals surface area (Å²) in [5, 5.41) is 4.85. The van der Waals surface area contributed by atoms with Crippen molar-refractivity contribution >= 4 is 17.2 Å². The van der Waals surface area contributed by atoms with Gasteiger partial charge >= 0.3 is 0 Å². The maximum Gasteiger partial charge on any atom is 0.263 e. The fourth-order valence-corrected chi connectivity index (χ4v) is 6.36. The summed E-state index contributed by atoms with van der Waals surface area (Å²) in [4.78, 5) is 17.3. The lowest BCUT2D eigenvalue weighted by Gasteiger charge is -2.37. The number of thiophene rings is 1. The van der Waals surface area contributed by atoms with Crippen molar-refractivity contribution in [1.29, 1.82) is 0 Å². The summed E-state index contributed by atoms with van der Waals surface area (Å²) < 4.78 is 13.7. The molecule has 2 aromatic heterocycles. The number of hydrogen-bond acceptors (Lipinski definition) is 5. The first kappa shape index (κ1) is 19.2. The average molecular weight is 436 g/mol. The number of piperidine rings is 1. The zero-order chi connectivity index (χ0) is 21.0. The number of benzene rings is 1. The minimum absolute atomic E-state index is 0.127. The number of nitrogens with zero attached hydrogens (tertiary/aromatic N) is 3. The normalized spacial score (nSPS) is 19.5. The zero-order valence-corrected chi connectivity index (χ0v) is 18.4. The van der Waals surface area contributed by atoms with E-state index in [1.165, 1.54) is 21.7 Å². The van der Waals surface area contributed by atoms with Crippen molar-refractivity contribution in [2.75, 3.05) is 26.3 Å². The summed E-state index contributed by atoms with van der Waals surface area (Å²) in [5.41, 5.74) is 5.83. The van der Waals surface area contributed by atoms with E-state index in [0.29, 0.717) is 26.3 Å². The molecule has 6 rings (SSSR count). The number of likely N-dealkylation sites (tertiary alicyclic amines) is 1. The molecule has 1 spiro atoms. The molecule has 0 atom stereocenters. The maximum absolute atomic E-state index is 13.3. The predicted molar refractivity (Wildman–Crippen MR) is 119 cm³/mol. The molecule has 2 saturated heterocycles. The van der Waals surface area contributed by atoms with Gasteiger partial charge in [0, 0.05) is 36.4 Å². The van der Waals surface area contributed by atoms with Crippen molar-refractivity contribution in [3.63, 3.8) is 0 Å². The Kier molecular flexibility index (Phi) is 4.52. The minimum atomic E-state index is -0.455. The zero-order valence-electron chi connectivity index (χ0n) is 17.6. The average Bonchev–Trinajstić information content (AvgIpc) is 3.52. The molecule has 0 radical (unpaired) electrons. The van der Waals surface area contributed by atoms with E-state index in [9.17, 15) is 4.79 Å². The number of amides is 1. The molecule has 0 N–H and O–H groups in total. The Hall–Kier alpha value is -2.48. The molecule has 31 heavy (non-hydrogen) atoms. The van der Waals surface area contributed by atoms with Crippen LogP contribution in [0.15, 0.2) is 36.4 Å². The van der Waals surface area contributed by atoms with Gasteiger partial charge in [-0.3, -0.25) is 4.79 Å². The van der Waals surface area contributed by atoms with Crippen molar-refractivity contribution in [2.45, 2.75) is 38.4 Å². The van der Waals surface area contributed by atoms with Crippen molar-refractivity contribution < 1.29 is 14.3 Å². The summed E-state index contributed by atoms with van der Waals surface area (Å²) >= 11 is 1.62. The molecule has 0 saturated carbocycles. The standard InChI is InChI=1S/C24H25N3O3S/c1-16-21-19(27(25-16)18-5-3-2-4-6-18)8-7-17-15-20(31-22(17)21)23(28)26-11-9-24(10-12-26)29-13-14-30-24/h2-6,15H,7-14H2,1H3. The third kappa shape index (κ3) is 3.14. The Morgan fingerprint density at radius 3 is 2.58 bits per heavy atom. The van der Waals surface area contributed by atoms with Gasteiger partial charge in [-0.25, -0.2) is 4.68 Å². The predicted octanol–water partition coefficient (Wildman–Crippen LogP) is 3.99. The second kappa shape index (κ2) is 7.29. The molecule has 1 amide bonds. The van der Waals surface area contributed by atoms with Crippen molar-refractivity contribution in [1.82, 2.24) is 14.7 Å². The molecule has 160 valence electrons. The smallest absolute Gasteiger partial charge is 0.263 e. The first-order chi connectivity index (χ1) is 15.1. The van der Waals surface area contributed by atoms with Crippen LogP contribution in [0.3, 0.4) is 0 Å². The highest BCUT2D eigenvalue weighted by Gasteiger charge is 2.41. The lowest BCUT2D eigenvalue weighted by atomic mass is 9.95. The van der Waals surface area contributed by atoms with Crippen LogP contribution in [0.2, 0.25) is 0 Å². The van der Waals surface area contributed by atoms with Gasteiger partial charge in [-0.05, 0) is 43.5 Å². The van der Waals surface area contributed by atoms with Crippen molar-refractivity contribution in [2.24, 2.45) is 0 Å². The summed E-state index contributed by atoms with van der Waals surface area (Å²) in [5.74, 6) is -0.328. The van der Waals surface area contributed by atoms with E-state index in [-0.39, 0.29) is 5.91 Å². The lowest BCUT2D eigenvalue weighted by Crippen LogP contribution is -2.47. The van der Waals surface area contributed by atoms with E-state index < -0.39 is 5.79 Å². The minimum Gasteiger partial charge on any atom is -0.347 e. The van der Waals surface area contributed by atoms with Crippen LogP contribution in [0.25, 0.3) is 16.1 Å². The Bertz CT molecular complexity index is 1130. The molecular weight excluding hydrogens is 410 g/mol. The molecule has 0 bridgehead atoms. The largest absolute Gasteiger partial charge is 0.347 e. The van der Waals surface area contributed by atoms with Gasteiger partial charge in [0.2, 0.25) is 0 Å². The van der Waals surface area contributed by atoms with Crippen molar-refractivity contribution in [3.8, 4) is 16.1 Å². The van der Waals surface area contributed by atoms with Crippen LogP contribution in [0.5, 0.6) is 0 Å². The van der Waals surface area contributed by atoms with Gasteiger partial charge in [-0.2, -0.15) is 5.10 Å². The monoisotopic (exact) mass is 435 g/mol. The van der Waals surface area contributed by atoms with Gasteiger partial charge < -0.3 is 14.4 Å². The Morgan fingerprint density at radius 1 is 1.10 bits per heavy atom. The number of carbonyl (C=O) groups is 1. The van der Waals surface area contributed by atoms with Crippen LogP contribution in [0.4, 0.5) is 0 Å². The van der Waals surface area contributed by atoms with E-state index in [1.54, 1.807) is 11.3 Å². The molecule has 3 aliphatic rings. The van der Waals surface area contributed by atoms with E-state index >= 15 is 0 Å². The number of carbonyl (C=O) groups excluding carboxylic acids is 1. The van der Waals surface area contributed by atoms with Gasteiger partial charge in [0.05, 0.1) is 35.2 Å². The Morgan fingerprint density at radius 2 is 1.84 bits per heavy atom. The van der Waals surface area contributed by atoms with Gasteiger partial charge in [-0.1, -0.05) is 18.2 Å². The van der Waals surface area contributed by atoms with Gasteiger partial charge in [0.1, 0.15) is 0 Å². The van der Waals surface area contributed by atoms with E-state index in [1.807, 2.05) is 23.1 Å². The maximum atomic E-state index is 13.3. The molecule has 1 aromatic carbocycles. The second-order valence-electron chi connectivity index (χ2n) is 8.52. The molecule has 3 aromatic rings. The van der Waals surface area contributed by atoms with E-state index in [0.717, 1.165) is 41.9 Å². The molecular formula is C24H25N3O3S. The molecule has 2 aliphatic heterocycles. The van der Waals surface area contributed by atoms with Gasteiger partial charge in [0.25, 0.3) is 5.91 Å². The van der Waals surface area contributed by atoms with Crippen LogP contribution in [0, 0.1) is 6.92 Å². The third-order valence-electron chi connectivity index (χ3n) is 6.66. The number of hydrogen-bond donors (Lipinski definition) is 0. The highest BCUT2D eigenvalue weighted by molar-refractivity contribution is 7.17. The summed E-state index contributed by atoms with van der Waals surface area (Å²) in [6, 6.07) is 12.4. The first-order valence-electron chi connectivity index (χ1n) is 11.0. The molecule has 7 heteroatoms. The third-order valence-corrected chi connectivity index (χ3v) is 7.84. The number of aromatic nitrogens is 2. The fraction of sp³-hybridized carbons (Fsp3) is 0.417. The number of fused-ring (bicyclic) bond motifs is 3. The summed E-state index contributed by atoms with van der Waals surface area (Å²) in [6.45, 7) is 4.74. The number of ether oxygens (including phenoxy) is 2. The SMILES string of the molecule is Cc1nn(-c2ccccc2)c2c1-c1sc(C(=O)N3CCC4(CC3)OCCO4)cc1CC2. The molecule has 0 unspecified atom stereocenters. The summed E-state index contributed by atoms with van der Waals surface area (Å²) in [6.07, 6.45) is 3.37. The van der Waals surface area contributed by atoms with E-state index in [4.69, 9.17) is 14.6 Å².